The molecule has 1 atom stereocenters. The smallest absolute Gasteiger partial charge is 0.283 e. The fraction of sp³-hybridized carbons (Fsp3) is 0.412. The van der Waals surface area contributed by atoms with Gasteiger partial charge in [0.1, 0.15) is 5.76 Å². The molecule has 0 aliphatic carbocycles. The Morgan fingerprint density at radius 2 is 2.08 bits per heavy atom. The standard InChI is InChI=1S/C17H21ClN4O2/c1-12-11-16(20-24-12)19-17(23)13(2)21-7-9-22(10-8-21)15-6-4-3-5-14(15)18/h3-6,11,13H,7-10H2,1-2H3,(H,19,20,23)/p+1/t13-/m0/s1. The third-order valence-electron chi connectivity index (χ3n) is 4.48. The van der Waals surface area contributed by atoms with Crippen LogP contribution in [0.3, 0.4) is 0 Å². The number of aromatic nitrogens is 1. The van der Waals surface area contributed by atoms with E-state index in [1.165, 1.54) is 4.90 Å². The van der Waals surface area contributed by atoms with E-state index in [0.29, 0.717) is 11.6 Å². The van der Waals surface area contributed by atoms with E-state index in [2.05, 4.69) is 15.4 Å². The van der Waals surface area contributed by atoms with Gasteiger partial charge in [-0.2, -0.15) is 0 Å². The number of aryl methyl sites for hydroxylation is 1. The van der Waals surface area contributed by atoms with Gasteiger partial charge in [-0.05, 0) is 26.0 Å². The predicted octanol–water partition coefficient (Wildman–Crippen LogP) is 1.37. The number of amides is 1. The van der Waals surface area contributed by atoms with Crippen molar-refractivity contribution < 1.29 is 14.2 Å². The maximum absolute atomic E-state index is 12.4. The molecule has 1 aromatic carbocycles. The lowest BCUT2D eigenvalue weighted by Gasteiger charge is -2.36. The van der Waals surface area contributed by atoms with Gasteiger partial charge in [0.05, 0.1) is 36.9 Å². The van der Waals surface area contributed by atoms with E-state index in [4.69, 9.17) is 16.1 Å². The summed E-state index contributed by atoms with van der Waals surface area (Å²) in [6.45, 7) is 7.27. The Balaban J connectivity index is 1.56. The van der Waals surface area contributed by atoms with Crippen molar-refractivity contribution in [3.8, 4) is 0 Å². The summed E-state index contributed by atoms with van der Waals surface area (Å²) in [6.07, 6.45) is 0. The van der Waals surface area contributed by atoms with Gasteiger partial charge in [0.2, 0.25) is 0 Å². The highest BCUT2D eigenvalue weighted by Gasteiger charge is 2.30. The average molecular weight is 350 g/mol. The summed E-state index contributed by atoms with van der Waals surface area (Å²) in [7, 11) is 0. The first-order valence-electron chi connectivity index (χ1n) is 8.13. The van der Waals surface area contributed by atoms with E-state index in [-0.39, 0.29) is 11.9 Å². The van der Waals surface area contributed by atoms with Crippen LogP contribution in [0, 0.1) is 6.92 Å². The van der Waals surface area contributed by atoms with Gasteiger partial charge in [0.15, 0.2) is 11.9 Å². The van der Waals surface area contributed by atoms with Gasteiger partial charge < -0.3 is 19.6 Å². The number of benzene rings is 1. The van der Waals surface area contributed by atoms with Crippen molar-refractivity contribution in [2.24, 2.45) is 0 Å². The van der Waals surface area contributed by atoms with Crippen molar-refractivity contribution in [2.75, 3.05) is 36.4 Å². The maximum atomic E-state index is 12.4. The van der Waals surface area contributed by atoms with Crippen LogP contribution in [0.2, 0.25) is 5.02 Å². The normalized spacial score (nSPS) is 16.9. The van der Waals surface area contributed by atoms with Gasteiger partial charge in [0, 0.05) is 6.07 Å². The molecule has 1 aliphatic heterocycles. The van der Waals surface area contributed by atoms with Crippen molar-refractivity contribution in [3.05, 3.63) is 41.1 Å². The lowest BCUT2D eigenvalue weighted by Crippen LogP contribution is -3.19. The summed E-state index contributed by atoms with van der Waals surface area (Å²) in [5.74, 6) is 1.11. The van der Waals surface area contributed by atoms with Gasteiger partial charge in [-0.1, -0.05) is 28.9 Å². The zero-order valence-corrected chi connectivity index (χ0v) is 14.6. The molecule has 1 amide bonds. The molecule has 1 aromatic heterocycles. The minimum absolute atomic E-state index is 0.0375. The quantitative estimate of drug-likeness (QED) is 0.875. The molecule has 1 saturated heterocycles. The van der Waals surface area contributed by atoms with E-state index < -0.39 is 0 Å². The van der Waals surface area contributed by atoms with Crippen molar-refractivity contribution in [2.45, 2.75) is 19.9 Å². The first kappa shape index (κ1) is 16.8. The zero-order valence-electron chi connectivity index (χ0n) is 13.9. The van der Waals surface area contributed by atoms with Gasteiger partial charge in [-0.25, -0.2) is 0 Å². The molecule has 1 fully saturated rings. The number of nitrogens with one attached hydrogen (secondary N) is 2. The summed E-state index contributed by atoms with van der Waals surface area (Å²) < 4.78 is 4.97. The van der Waals surface area contributed by atoms with Gasteiger partial charge >= 0.3 is 0 Å². The van der Waals surface area contributed by atoms with E-state index in [1.54, 1.807) is 13.0 Å². The molecule has 2 aromatic rings. The number of carbonyl (C=O) groups is 1. The number of nitrogens with zero attached hydrogens (tertiary/aromatic N) is 2. The van der Waals surface area contributed by atoms with Crippen molar-refractivity contribution >= 4 is 29.0 Å². The lowest BCUT2D eigenvalue weighted by molar-refractivity contribution is -0.914. The van der Waals surface area contributed by atoms with Crippen molar-refractivity contribution in [3.63, 3.8) is 0 Å². The van der Waals surface area contributed by atoms with E-state index in [9.17, 15) is 4.79 Å². The molecule has 128 valence electrons. The monoisotopic (exact) mass is 349 g/mol. The van der Waals surface area contributed by atoms with Gasteiger partial charge in [0.25, 0.3) is 5.91 Å². The Kier molecular flexibility index (Phi) is 5.06. The minimum atomic E-state index is -0.143. The molecule has 1 aliphatic rings. The maximum Gasteiger partial charge on any atom is 0.283 e. The van der Waals surface area contributed by atoms with Crippen LogP contribution in [0.1, 0.15) is 12.7 Å². The number of para-hydroxylation sites is 1. The second-order valence-electron chi connectivity index (χ2n) is 6.13. The van der Waals surface area contributed by atoms with Crippen LogP contribution in [0.5, 0.6) is 0 Å². The predicted molar refractivity (Wildman–Crippen MR) is 93.7 cm³/mol. The molecule has 0 saturated carbocycles. The highest BCUT2D eigenvalue weighted by atomic mass is 35.5. The van der Waals surface area contributed by atoms with Crippen molar-refractivity contribution in [1.29, 1.82) is 0 Å². The summed E-state index contributed by atoms with van der Waals surface area (Å²) >= 11 is 6.27. The molecule has 6 nitrogen and oxygen atoms in total. The Bertz CT molecular complexity index is 710. The summed E-state index contributed by atoms with van der Waals surface area (Å²) in [5.41, 5.74) is 1.06. The number of piperazine rings is 1. The number of rotatable bonds is 4. The first-order chi connectivity index (χ1) is 11.5. The lowest BCUT2D eigenvalue weighted by atomic mass is 10.2. The Morgan fingerprint density at radius 3 is 2.71 bits per heavy atom. The number of anilines is 2. The summed E-state index contributed by atoms with van der Waals surface area (Å²) in [6, 6.07) is 9.45. The Labute approximate surface area is 146 Å². The molecular weight excluding hydrogens is 328 g/mol. The Hall–Kier alpha value is -2.05. The Morgan fingerprint density at radius 1 is 1.38 bits per heavy atom. The van der Waals surface area contributed by atoms with Crippen LogP contribution in [0.15, 0.2) is 34.9 Å². The summed E-state index contributed by atoms with van der Waals surface area (Å²) in [4.78, 5) is 15.9. The second kappa shape index (κ2) is 7.23. The van der Waals surface area contributed by atoms with Crippen LogP contribution in [0.4, 0.5) is 11.5 Å². The average Bonchev–Trinajstić information content (AvgIpc) is 2.99. The molecule has 3 rings (SSSR count). The fourth-order valence-corrected chi connectivity index (χ4v) is 3.28. The third-order valence-corrected chi connectivity index (χ3v) is 4.80. The molecule has 7 heteroatoms. The van der Waals surface area contributed by atoms with E-state index in [1.807, 2.05) is 31.2 Å². The van der Waals surface area contributed by atoms with E-state index in [0.717, 1.165) is 36.9 Å². The molecule has 0 radical (unpaired) electrons. The number of carbonyl (C=O) groups excluding carboxylic acids is 1. The molecule has 2 heterocycles. The van der Waals surface area contributed by atoms with Crippen LogP contribution in [-0.4, -0.2) is 43.3 Å². The van der Waals surface area contributed by atoms with Crippen LogP contribution in [0.25, 0.3) is 0 Å². The number of hydrogen-bond acceptors (Lipinski definition) is 4. The zero-order chi connectivity index (χ0) is 17.1. The number of quaternary nitrogens is 1. The molecular formula is C17H22ClN4O2+. The minimum Gasteiger partial charge on any atom is -0.360 e. The third kappa shape index (κ3) is 3.71. The van der Waals surface area contributed by atoms with Crippen LogP contribution in [-0.2, 0) is 4.79 Å². The van der Waals surface area contributed by atoms with Crippen LogP contribution < -0.4 is 15.1 Å². The number of halogens is 1. The first-order valence-corrected chi connectivity index (χ1v) is 8.50. The highest BCUT2D eigenvalue weighted by Crippen LogP contribution is 2.24. The molecule has 24 heavy (non-hydrogen) atoms. The fourth-order valence-electron chi connectivity index (χ4n) is 3.02. The SMILES string of the molecule is Cc1cc(NC(=O)[C@H](C)[NH+]2CCN(c3ccccc3Cl)CC2)no1. The molecule has 0 spiro atoms. The van der Waals surface area contributed by atoms with Crippen molar-refractivity contribution in [1.82, 2.24) is 5.16 Å². The molecule has 0 bridgehead atoms. The number of hydrogen-bond donors (Lipinski definition) is 2. The van der Waals surface area contributed by atoms with Gasteiger partial charge in [-0.15, -0.1) is 0 Å². The molecule has 0 unspecified atom stereocenters. The van der Waals surface area contributed by atoms with E-state index >= 15 is 0 Å². The summed E-state index contributed by atoms with van der Waals surface area (Å²) in [5, 5.41) is 7.39. The van der Waals surface area contributed by atoms with Crippen LogP contribution >= 0.6 is 11.6 Å². The topological polar surface area (TPSA) is 62.8 Å². The second-order valence-corrected chi connectivity index (χ2v) is 6.54. The highest BCUT2D eigenvalue weighted by molar-refractivity contribution is 6.33. The van der Waals surface area contributed by atoms with Gasteiger partial charge in [-0.3, -0.25) is 4.79 Å². The molecule has 2 N–H and O–H groups in total. The largest absolute Gasteiger partial charge is 0.360 e.